The van der Waals surface area contributed by atoms with Crippen LogP contribution in [0, 0.1) is 11.8 Å². The highest BCUT2D eigenvalue weighted by Gasteiger charge is 2.53. The number of nitrogens with zero attached hydrogens (tertiary/aromatic N) is 2. The molecule has 0 bridgehead atoms. The largest absolute Gasteiger partial charge is 0.340 e. The molecule has 3 aliphatic rings. The van der Waals surface area contributed by atoms with Crippen molar-refractivity contribution in [3.8, 4) is 0 Å². The van der Waals surface area contributed by atoms with Crippen molar-refractivity contribution >= 4 is 15.9 Å². The lowest BCUT2D eigenvalue weighted by molar-refractivity contribution is -0.139. The Kier molecular flexibility index (Phi) is 3.94. The number of benzene rings is 1. The van der Waals surface area contributed by atoms with Gasteiger partial charge >= 0.3 is 0 Å². The third kappa shape index (κ3) is 2.78. The van der Waals surface area contributed by atoms with Gasteiger partial charge in [-0.05, 0) is 30.7 Å². The summed E-state index contributed by atoms with van der Waals surface area (Å²) < 4.78 is 26.2. The SMILES string of the molecule is CS(=O)(=O)N1C[C@H]2CN(C(=O)C3(N)CCC3)C[C@H]2[C@@H]1c1ccccc1. The van der Waals surface area contributed by atoms with Crippen LogP contribution in [0.2, 0.25) is 0 Å². The first kappa shape index (κ1) is 17.0. The summed E-state index contributed by atoms with van der Waals surface area (Å²) in [5.74, 6) is 0.350. The number of carbonyl (C=O) groups is 1. The number of carbonyl (C=O) groups excluding carboxylic acids is 1. The third-order valence-corrected chi connectivity index (χ3v) is 7.38. The Balaban J connectivity index is 1.61. The van der Waals surface area contributed by atoms with Gasteiger partial charge in [-0.15, -0.1) is 0 Å². The summed E-state index contributed by atoms with van der Waals surface area (Å²) in [5.41, 5.74) is 6.54. The van der Waals surface area contributed by atoms with Crippen molar-refractivity contribution in [1.29, 1.82) is 0 Å². The Hall–Kier alpha value is -1.44. The number of amides is 1. The molecule has 1 aliphatic carbocycles. The summed E-state index contributed by atoms with van der Waals surface area (Å²) in [7, 11) is -3.30. The van der Waals surface area contributed by atoms with Crippen LogP contribution in [-0.2, 0) is 14.8 Å². The van der Waals surface area contributed by atoms with Crippen LogP contribution in [0.3, 0.4) is 0 Å². The van der Waals surface area contributed by atoms with E-state index in [1.165, 1.54) is 6.26 Å². The van der Waals surface area contributed by atoms with E-state index < -0.39 is 15.6 Å². The number of hydrogen-bond acceptors (Lipinski definition) is 4. The second-order valence-corrected chi connectivity index (χ2v) is 9.77. The molecule has 136 valence electrons. The lowest BCUT2D eigenvalue weighted by Gasteiger charge is -2.39. The smallest absolute Gasteiger partial charge is 0.242 e. The van der Waals surface area contributed by atoms with Crippen molar-refractivity contribution < 1.29 is 13.2 Å². The molecule has 1 saturated carbocycles. The van der Waals surface area contributed by atoms with Crippen molar-refractivity contribution in [2.45, 2.75) is 30.8 Å². The Morgan fingerprint density at radius 3 is 2.40 bits per heavy atom. The molecule has 2 heterocycles. The molecule has 7 heteroatoms. The zero-order chi connectivity index (χ0) is 17.8. The molecule has 0 spiro atoms. The number of fused-ring (bicyclic) bond motifs is 1. The Bertz CT molecular complexity index is 776. The Morgan fingerprint density at radius 1 is 1.16 bits per heavy atom. The quantitative estimate of drug-likeness (QED) is 0.867. The fourth-order valence-electron chi connectivity index (χ4n) is 4.66. The van der Waals surface area contributed by atoms with E-state index in [0.717, 1.165) is 24.8 Å². The molecule has 2 aliphatic heterocycles. The normalized spacial score (nSPS) is 31.6. The van der Waals surface area contributed by atoms with E-state index in [9.17, 15) is 13.2 Å². The second-order valence-electron chi connectivity index (χ2n) is 7.83. The van der Waals surface area contributed by atoms with Crippen molar-refractivity contribution in [2.75, 3.05) is 25.9 Å². The number of likely N-dealkylation sites (tertiary alicyclic amines) is 1. The summed E-state index contributed by atoms with van der Waals surface area (Å²) in [6.07, 6.45) is 3.80. The van der Waals surface area contributed by atoms with Crippen LogP contribution < -0.4 is 5.73 Å². The number of sulfonamides is 1. The predicted molar refractivity (Wildman–Crippen MR) is 95.1 cm³/mol. The molecule has 2 N–H and O–H groups in total. The molecule has 1 amide bonds. The van der Waals surface area contributed by atoms with E-state index in [2.05, 4.69) is 0 Å². The summed E-state index contributed by atoms with van der Waals surface area (Å²) in [5, 5.41) is 0. The van der Waals surface area contributed by atoms with E-state index in [0.29, 0.717) is 19.6 Å². The third-order valence-electron chi connectivity index (χ3n) is 6.15. The molecule has 3 atom stereocenters. The second kappa shape index (κ2) is 5.79. The number of hydrogen-bond donors (Lipinski definition) is 1. The predicted octanol–water partition coefficient (Wildman–Crippen LogP) is 0.959. The topological polar surface area (TPSA) is 83.7 Å². The molecule has 1 aromatic carbocycles. The minimum Gasteiger partial charge on any atom is -0.340 e. The molecular weight excluding hydrogens is 338 g/mol. The molecular formula is C18H25N3O3S. The molecule has 2 saturated heterocycles. The monoisotopic (exact) mass is 363 g/mol. The number of nitrogens with two attached hydrogens (primary N) is 1. The summed E-state index contributed by atoms with van der Waals surface area (Å²) >= 11 is 0. The molecule has 0 unspecified atom stereocenters. The lowest BCUT2D eigenvalue weighted by Crippen LogP contribution is -2.59. The van der Waals surface area contributed by atoms with Crippen LogP contribution in [-0.4, -0.2) is 55.0 Å². The summed E-state index contributed by atoms with van der Waals surface area (Å²) in [4.78, 5) is 14.7. The molecule has 1 aromatic rings. The first-order valence-electron chi connectivity index (χ1n) is 8.90. The maximum absolute atomic E-state index is 12.8. The van der Waals surface area contributed by atoms with Gasteiger partial charge < -0.3 is 10.6 Å². The highest BCUT2D eigenvalue weighted by molar-refractivity contribution is 7.88. The summed E-state index contributed by atoms with van der Waals surface area (Å²) in [6, 6.07) is 9.56. The molecule has 6 nitrogen and oxygen atoms in total. The maximum atomic E-state index is 12.8. The standard InChI is InChI=1S/C18H25N3O3S/c1-25(23,24)21-11-14-10-20(17(22)18(19)8-5-9-18)12-15(14)16(21)13-6-3-2-4-7-13/h2-4,6-7,14-16H,5,8-12,19H2,1H3/t14-,15-,16+/m1/s1. The fourth-order valence-corrected chi connectivity index (χ4v) is 5.82. The molecule has 0 radical (unpaired) electrons. The molecule has 4 rings (SSSR count). The zero-order valence-electron chi connectivity index (χ0n) is 14.5. The van der Waals surface area contributed by atoms with Gasteiger partial charge in [0.2, 0.25) is 15.9 Å². The van der Waals surface area contributed by atoms with Crippen LogP contribution in [0.1, 0.15) is 30.9 Å². The van der Waals surface area contributed by atoms with E-state index in [-0.39, 0.29) is 23.8 Å². The average molecular weight is 363 g/mol. The van der Waals surface area contributed by atoms with Gasteiger partial charge in [0.1, 0.15) is 0 Å². The highest BCUT2D eigenvalue weighted by atomic mass is 32.2. The van der Waals surface area contributed by atoms with Crippen LogP contribution in [0.5, 0.6) is 0 Å². The van der Waals surface area contributed by atoms with Crippen LogP contribution >= 0.6 is 0 Å². The van der Waals surface area contributed by atoms with E-state index >= 15 is 0 Å². The highest BCUT2D eigenvalue weighted by Crippen LogP contribution is 2.47. The average Bonchev–Trinajstić information content (AvgIpc) is 3.09. The van der Waals surface area contributed by atoms with Crippen molar-refractivity contribution in [3.63, 3.8) is 0 Å². The van der Waals surface area contributed by atoms with Crippen molar-refractivity contribution in [3.05, 3.63) is 35.9 Å². The van der Waals surface area contributed by atoms with Gasteiger partial charge in [0.15, 0.2) is 0 Å². The van der Waals surface area contributed by atoms with Gasteiger partial charge in [0, 0.05) is 25.6 Å². The number of rotatable bonds is 3. The van der Waals surface area contributed by atoms with Gasteiger partial charge in [0.05, 0.1) is 17.8 Å². The minimum atomic E-state index is -3.30. The molecule has 25 heavy (non-hydrogen) atoms. The van der Waals surface area contributed by atoms with Gasteiger partial charge in [-0.2, -0.15) is 4.31 Å². The Morgan fingerprint density at radius 2 is 1.84 bits per heavy atom. The van der Waals surface area contributed by atoms with E-state index in [1.807, 2.05) is 35.2 Å². The Labute approximate surface area is 149 Å². The van der Waals surface area contributed by atoms with E-state index in [1.54, 1.807) is 4.31 Å². The van der Waals surface area contributed by atoms with Gasteiger partial charge in [-0.25, -0.2) is 8.42 Å². The van der Waals surface area contributed by atoms with Crippen molar-refractivity contribution in [1.82, 2.24) is 9.21 Å². The fraction of sp³-hybridized carbons (Fsp3) is 0.611. The lowest BCUT2D eigenvalue weighted by atomic mass is 9.76. The van der Waals surface area contributed by atoms with Gasteiger partial charge in [-0.1, -0.05) is 30.3 Å². The van der Waals surface area contributed by atoms with Crippen molar-refractivity contribution in [2.24, 2.45) is 17.6 Å². The maximum Gasteiger partial charge on any atom is 0.242 e. The van der Waals surface area contributed by atoms with Crippen LogP contribution in [0.4, 0.5) is 0 Å². The first-order chi connectivity index (χ1) is 11.8. The molecule has 0 aromatic heterocycles. The first-order valence-corrected chi connectivity index (χ1v) is 10.7. The van der Waals surface area contributed by atoms with Gasteiger partial charge in [-0.3, -0.25) is 4.79 Å². The van der Waals surface area contributed by atoms with Gasteiger partial charge in [0.25, 0.3) is 0 Å². The van der Waals surface area contributed by atoms with Crippen LogP contribution in [0.15, 0.2) is 30.3 Å². The minimum absolute atomic E-state index is 0.0471. The summed E-state index contributed by atoms with van der Waals surface area (Å²) in [6.45, 7) is 1.68. The van der Waals surface area contributed by atoms with E-state index in [4.69, 9.17) is 5.73 Å². The zero-order valence-corrected chi connectivity index (χ0v) is 15.3. The molecule has 3 fully saturated rings. The van der Waals surface area contributed by atoms with Crippen LogP contribution in [0.25, 0.3) is 0 Å².